The van der Waals surface area contributed by atoms with Gasteiger partial charge in [-0.1, -0.05) is 12.1 Å². The number of halogens is 4. The lowest BCUT2D eigenvalue weighted by molar-refractivity contribution is -0.346. The molecule has 0 aliphatic carbocycles. The lowest BCUT2D eigenvalue weighted by Gasteiger charge is -2.38. The van der Waals surface area contributed by atoms with Crippen LogP contribution in [0.4, 0.5) is 22.4 Å². The fourth-order valence-electron chi connectivity index (χ4n) is 2.46. The van der Waals surface area contributed by atoms with Gasteiger partial charge in [-0.25, -0.2) is 9.18 Å². The molecule has 2 rings (SSSR count). The summed E-state index contributed by atoms with van der Waals surface area (Å²) in [6.45, 7) is -0.0713. The van der Waals surface area contributed by atoms with Crippen LogP contribution in [0.15, 0.2) is 24.3 Å². The third-order valence-corrected chi connectivity index (χ3v) is 3.36. The number of hydrogen-bond donors (Lipinski definition) is 1. The zero-order chi connectivity index (χ0) is 15.6. The third-order valence-electron chi connectivity index (χ3n) is 3.36. The number of rotatable bonds is 2. The van der Waals surface area contributed by atoms with E-state index < -0.39 is 30.4 Å². The summed E-state index contributed by atoms with van der Waals surface area (Å²) in [7, 11) is 0. The number of benzene rings is 1. The maximum absolute atomic E-state index is 12.9. The highest BCUT2D eigenvalue weighted by Gasteiger charge is 2.39. The maximum Gasteiger partial charge on any atom is 0.522 e. The van der Waals surface area contributed by atoms with Crippen molar-refractivity contribution >= 4 is 6.09 Å². The number of piperidine rings is 1. The Morgan fingerprint density at radius 3 is 2.43 bits per heavy atom. The first-order valence-corrected chi connectivity index (χ1v) is 6.26. The largest absolute Gasteiger partial charge is 0.522 e. The fourth-order valence-corrected chi connectivity index (χ4v) is 2.46. The fraction of sp³-hybridized carbons (Fsp3) is 0.462. The number of alkyl halides is 3. The average molecular weight is 307 g/mol. The first kappa shape index (κ1) is 15.6. The Morgan fingerprint density at radius 1 is 1.29 bits per heavy atom. The molecule has 2 atom stereocenters. The van der Waals surface area contributed by atoms with Crippen LogP contribution in [0.3, 0.4) is 0 Å². The highest BCUT2D eigenvalue weighted by Crippen LogP contribution is 2.35. The van der Waals surface area contributed by atoms with E-state index in [2.05, 4.69) is 4.74 Å². The molecule has 8 heteroatoms. The minimum Gasteiger partial charge on any atom is -0.465 e. The quantitative estimate of drug-likeness (QED) is 0.850. The predicted molar refractivity (Wildman–Crippen MR) is 64.0 cm³/mol. The highest BCUT2D eigenvalue weighted by molar-refractivity contribution is 5.66. The number of carboxylic acid groups (broad SMARTS) is 1. The second kappa shape index (κ2) is 5.88. The van der Waals surface area contributed by atoms with Gasteiger partial charge in [-0.15, -0.1) is 13.2 Å². The monoisotopic (exact) mass is 307 g/mol. The van der Waals surface area contributed by atoms with Crippen molar-refractivity contribution in [1.82, 2.24) is 4.90 Å². The summed E-state index contributed by atoms with van der Waals surface area (Å²) in [6, 6.07) is 4.23. The van der Waals surface area contributed by atoms with Crippen LogP contribution in [0.25, 0.3) is 0 Å². The smallest absolute Gasteiger partial charge is 0.465 e. The van der Waals surface area contributed by atoms with Crippen LogP contribution in [0.5, 0.6) is 0 Å². The normalized spacial score (nSPS) is 23.1. The molecule has 0 spiro atoms. The second-order valence-corrected chi connectivity index (χ2v) is 4.75. The predicted octanol–water partition coefficient (Wildman–Crippen LogP) is 3.55. The minimum atomic E-state index is -4.76. The van der Waals surface area contributed by atoms with Crippen LogP contribution < -0.4 is 0 Å². The summed E-state index contributed by atoms with van der Waals surface area (Å²) in [5, 5.41) is 9.13. The van der Waals surface area contributed by atoms with Crippen molar-refractivity contribution in [2.24, 2.45) is 0 Å². The SMILES string of the molecule is O=C(O)N1CCC(OC(F)(F)F)CC1c1ccc(F)cc1. The maximum atomic E-state index is 12.9. The first-order chi connectivity index (χ1) is 9.76. The number of nitrogens with zero attached hydrogens (tertiary/aromatic N) is 1. The van der Waals surface area contributed by atoms with Crippen LogP contribution in [0, 0.1) is 5.82 Å². The van der Waals surface area contributed by atoms with Gasteiger partial charge in [-0.2, -0.15) is 0 Å². The lowest BCUT2D eigenvalue weighted by Crippen LogP contribution is -2.43. The summed E-state index contributed by atoms with van der Waals surface area (Å²) in [5.74, 6) is -0.500. The molecule has 1 N–H and O–H groups in total. The van der Waals surface area contributed by atoms with Gasteiger partial charge in [0.2, 0.25) is 0 Å². The van der Waals surface area contributed by atoms with E-state index in [1.54, 1.807) is 0 Å². The Hall–Kier alpha value is -1.83. The Bertz CT molecular complexity index is 503. The summed E-state index contributed by atoms with van der Waals surface area (Å²) >= 11 is 0. The molecular formula is C13H13F4NO3. The van der Waals surface area contributed by atoms with E-state index in [-0.39, 0.29) is 19.4 Å². The zero-order valence-electron chi connectivity index (χ0n) is 10.8. The second-order valence-electron chi connectivity index (χ2n) is 4.75. The molecule has 1 fully saturated rings. The summed E-state index contributed by atoms with van der Waals surface area (Å²) in [6.07, 6.45) is -7.27. The van der Waals surface area contributed by atoms with Gasteiger partial charge in [0, 0.05) is 6.54 Å². The van der Waals surface area contributed by atoms with E-state index in [0.717, 1.165) is 17.0 Å². The molecule has 1 heterocycles. The van der Waals surface area contributed by atoms with Crippen LogP contribution in [0.2, 0.25) is 0 Å². The molecule has 0 aromatic heterocycles. The van der Waals surface area contributed by atoms with Crippen molar-refractivity contribution in [2.45, 2.75) is 31.3 Å². The molecule has 0 radical (unpaired) electrons. The molecule has 21 heavy (non-hydrogen) atoms. The van der Waals surface area contributed by atoms with Gasteiger partial charge in [-0.05, 0) is 30.5 Å². The topological polar surface area (TPSA) is 49.8 Å². The molecule has 1 aliphatic rings. The Kier molecular flexibility index (Phi) is 4.36. The van der Waals surface area contributed by atoms with Gasteiger partial charge in [0.15, 0.2) is 0 Å². The molecule has 0 bridgehead atoms. The van der Waals surface area contributed by atoms with Crippen molar-refractivity contribution in [1.29, 1.82) is 0 Å². The molecule has 116 valence electrons. The van der Waals surface area contributed by atoms with E-state index in [1.165, 1.54) is 12.1 Å². The van der Waals surface area contributed by atoms with Gasteiger partial charge in [0.05, 0.1) is 12.1 Å². The van der Waals surface area contributed by atoms with Crippen molar-refractivity contribution in [3.05, 3.63) is 35.6 Å². The van der Waals surface area contributed by atoms with Crippen LogP contribution in [-0.4, -0.2) is 35.1 Å². The first-order valence-electron chi connectivity index (χ1n) is 6.26. The van der Waals surface area contributed by atoms with Crippen LogP contribution in [-0.2, 0) is 4.74 Å². The number of amides is 1. The molecular weight excluding hydrogens is 294 g/mol. The van der Waals surface area contributed by atoms with Crippen LogP contribution in [0.1, 0.15) is 24.4 Å². The van der Waals surface area contributed by atoms with E-state index in [0.29, 0.717) is 5.56 Å². The molecule has 1 aliphatic heterocycles. The number of hydrogen-bond acceptors (Lipinski definition) is 2. The van der Waals surface area contributed by atoms with Gasteiger partial charge in [0.25, 0.3) is 0 Å². The Morgan fingerprint density at radius 2 is 1.90 bits per heavy atom. The van der Waals surface area contributed by atoms with Crippen molar-refractivity contribution < 1.29 is 32.2 Å². The van der Waals surface area contributed by atoms with Crippen molar-refractivity contribution in [3.63, 3.8) is 0 Å². The number of carbonyl (C=O) groups is 1. The van der Waals surface area contributed by atoms with E-state index >= 15 is 0 Å². The molecule has 1 aromatic rings. The lowest BCUT2D eigenvalue weighted by atomic mass is 9.93. The van der Waals surface area contributed by atoms with Gasteiger partial charge in [0.1, 0.15) is 5.82 Å². The molecule has 4 nitrogen and oxygen atoms in total. The molecule has 1 saturated heterocycles. The standard InChI is InChI=1S/C13H13F4NO3/c14-9-3-1-8(2-4-9)11-7-10(21-13(15,16)17)5-6-18(11)12(19)20/h1-4,10-11H,5-7H2,(H,19,20). The molecule has 0 saturated carbocycles. The van der Waals surface area contributed by atoms with Crippen molar-refractivity contribution in [2.75, 3.05) is 6.54 Å². The van der Waals surface area contributed by atoms with E-state index in [9.17, 15) is 22.4 Å². The van der Waals surface area contributed by atoms with Crippen molar-refractivity contribution in [3.8, 4) is 0 Å². The van der Waals surface area contributed by atoms with Gasteiger partial charge < -0.3 is 10.0 Å². The summed E-state index contributed by atoms with van der Waals surface area (Å²) < 4.78 is 53.7. The third kappa shape index (κ3) is 4.07. The minimum absolute atomic E-state index is 0.0382. The number of ether oxygens (including phenoxy) is 1. The Balaban J connectivity index is 2.19. The highest BCUT2D eigenvalue weighted by atomic mass is 19.4. The molecule has 2 unspecified atom stereocenters. The van der Waals surface area contributed by atoms with Crippen LogP contribution >= 0.6 is 0 Å². The Labute approximate surface area is 117 Å². The van der Waals surface area contributed by atoms with Gasteiger partial charge in [-0.3, -0.25) is 4.74 Å². The molecule has 1 amide bonds. The van der Waals surface area contributed by atoms with E-state index in [1.807, 2.05) is 0 Å². The summed E-state index contributed by atoms with van der Waals surface area (Å²) in [4.78, 5) is 12.2. The number of likely N-dealkylation sites (tertiary alicyclic amines) is 1. The average Bonchev–Trinajstić information content (AvgIpc) is 2.37. The molecule has 1 aromatic carbocycles. The van der Waals surface area contributed by atoms with E-state index in [4.69, 9.17) is 5.11 Å². The zero-order valence-corrected chi connectivity index (χ0v) is 10.8. The van der Waals surface area contributed by atoms with Gasteiger partial charge >= 0.3 is 12.5 Å². The summed E-state index contributed by atoms with van der Waals surface area (Å²) in [5.41, 5.74) is 0.439.